The van der Waals surface area contributed by atoms with Crippen LogP contribution in [0.3, 0.4) is 0 Å². The van der Waals surface area contributed by atoms with Crippen molar-refractivity contribution in [1.29, 1.82) is 0 Å². The number of urea groups is 1. The molecule has 0 aromatic heterocycles. The zero-order valence-corrected chi connectivity index (χ0v) is 13.6. The number of hydrogen-bond acceptors (Lipinski definition) is 2. The molecule has 1 aliphatic rings. The fraction of sp³-hybridized carbons (Fsp3) is 0.316. The van der Waals surface area contributed by atoms with Crippen molar-refractivity contribution in [2.24, 2.45) is 0 Å². The van der Waals surface area contributed by atoms with E-state index in [0.29, 0.717) is 6.54 Å². The van der Waals surface area contributed by atoms with Crippen LogP contribution in [0.2, 0.25) is 0 Å². The average Bonchev–Trinajstić information content (AvgIpc) is 3.40. The second-order valence-corrected chi connectivity index (χ2v) is 6.36. The lowest BCUT2D eigenvalue weighted by Crippen LogP contribution is -2.41. The molecule has 2 aromatic rings. The molecule has 0 aliphatic heterocycles. The average molecular weight is 346 g/mol. The number of carbonyl (C=O) groups is 1. The Morgan fingerprint density at radius 2 is 1.68 bits per heavy atom. The number of benzene rings is 2. The number of hydrogen-bond donors (Lipinski definition) is 3. The highest BCUT2D eigenvalue weighted by molar-refractivity contribution is 5.74. The highest BCUT2D eigenvalue weighted by Gasteiger charge is 2.44. The zero-order chi connectivity index (χ0) is 17.9. The third kappa shape index (κ3) is 3.96. The predicted octanol–water partition coefficient (Wildman–Crippen LogP) is 3.03. The molecular weight excluding hydrogens is 326 g/mol. The molecule has 1 unspecified atom stereocenters. The largest absolute Gasteiger partial charge is 0.386 e. The number of carbonyl (C=O) groups excluding carboxylic acids is 1. The molecule has 0 saturated heterocycles. The molecule has 25 heavy (non-hydrogen) atoms. The van der Waals surface area contributed by atoms with Gasteiger partial charge in [-0.15, -0.1) is 0 Å². The topological polar surface area (TPSA) is 61.4 Å². The van der Waals surface area contributed by atoms with Crippen molar-refractivity contribution in [3.8, 4) is 0 Å². The van der Waals surface area contributed by atoms with Gasteiger partial charge < -0.3 is 15.7 Å². The van der Waals surface area contributed by atoms with Crippen LogP contribution in [0, 0.1) is 11.6 Å². The van der Waals surface area contributed by atoms with Gasteiger partial charge in [0.1, 0.15) is 17.7 Å². The summed E-state index contributed by atoms with van der Waals surface area (Å²) in [7, 11) is 0. The van der Waals surface area contributed by atoms with Crippen molar-refractivity contribution in [2.45, 2.75) is 24.4 Å². The lowest BCUT2D eigenvalue weighted by molar-refractivity contribution is 0.164. The summed E-state index contributed by atoms with van der Waals surface area (Å²) in [5.74, 6) is -1.67. The highest BCUT2D eigenvalue weighted by atomic mass is 19.1. The standard InChI is InChI=1S/C19H20F2N2O2/c20-14-7-4-8-15(21)17(14)16(24)11-22-18(25)23-12-19(9-10-19)13-5-2-1-3-6-13/h1-8,16,24H,9-12H2,(H2,22,23,25). The van der Waals surface area contributed by atoms with Gasteiger partial charge in [-0.05, 0) is 30.5 Å². The Balaban J connectivity index is 1.50. The lowest BCUT2D eigenvalue weighted by Gasteiger charge is -2.18. The number of nitrogens with one attached hydrogen (secondary N) is 2. The molecule has 132 valence electrons. The minimum atomic E-state index is -1.45. The van der Waals surface area contributed by atoms with Crippen LogP contribution >= 0.6 is 0 Å². The molecule has 6 heteroatoms. The molecule has 4 nitrogen and oxygen atoms in total. The third-order valence-corrected chi connectivity index (χ3v) is 4.62. The van der Waals surface area contributed by atoms with Crippen LogP contribution < -0.4 is 10.6 Å². The van der Waals surface area contributed by atoms with E-state index >= 15 is 0 Å². The number of aliphatic hydroxyl groups excluding tert-OH is 1. The highest BCUT2D eigenvalue weighted by Crippen LogP contribution is 2.47. The van der Waals surface area contributed by atoms with Crippen LogP contribution in [-0.4, -0.2) is 24.2 Å². The monoisotopic (exact) mass is 346 g/mol. The van der Waals surface area contributed by atoms with E-state index in [1.165, 1.54) is 11.6 Å². The Bertz CT molecular complexity index is 728. The molecule has 3 N–H and O–H groups in total. The summed E-state index contributed by atoms with van der Waals surface area (Å²) in [6, 6.07) is 12.8. The first-order chi connectivity index (χ1) is 12.0. The summed E-state index contributed by atoms with van der Waals surface area (Å²) in [6.45, 7) is 0.203. The molecule has 1 saturated carbocycles. The maximum absolute atomic E-state index is 13.6. The van der Waals surface area contributed by atoms with E-state index in [1.54, 1.807) is 0 Å². The number of rotatable bonds is 6. The van der Waals surface area contributed by atoms with Crippen molar-refractivity contribution < 1.29 is 18.7 Å². The van der Waals surface area contributed by atoms with Crippen molar-refractivity contribution in [1.82, 2.24) is 10.6 Å². The quantitative estimate of drug-likeness (QED) is 0.753. The van der Waals surface area contributed by atoms with Gasteiger partial charge in [0.2, 0.25) is 0 Å². The van der Waals surface area contributed by atoms with Crippen molar-refractivity contribution >= 4 is 6.03 Å². The van der Waals surface area contributed by atoms with E-state index in [-0.39, 0.29) is 12.0 Å². The fourth-order valence-corrected chi connectivity index (χ4v) is 2.94. The van der Waals surface area contributed by atoms with E-state index in [0.717, 1.165) is 25.0 Å². The van der Waals surface area contributed by atoms with Gasteiger partial charge in [-0.3, -0.25) is 0 Å². The second kappa shape index (κ2) is 7.19. The van der Waals surface area contributed by atoms with E-state index in [9.17, 15) is 18.7 Å². The van der Waals surface area contributed by atoms with Crippen LogP contribution in [0.15, 0.2) is 48.5 Å². The first kappa shape index (κ1) is 17.4. The second-order valence-electron chi connectivity index (χ2n) is 6.36. The van der Waals surface area contributed by atoms with Crippen LogP contribution in [0.5, 0.6) is 0 Å². The normalized spacial score (nSPS) is 16.1. The van der Waals surface area contributed by atoms with Gasteiger partial charge in [-0.1, -0.05) is 36.4 Å². The molecule has 0 spiro atoms. The Morgan fingerprint density at radius 3 is 2.28 bits per heavy atom. The van der Waals surface area contributed by atoms with E-state index in [2.05, 4.69) is 10.6 Å². The molecule has 2 amide bonds. The van der Waals surface area contributed by atoms with Gasteiger partial charge >= 0.3 is 6.03 Å². The number of aliphatic hydroxyl groups is 1. The van der Waals surface area contributed by atoms with E-state index in [4.69, 9.17) is 0 Å². The Morgan fingerprint density at radius 1 is 1.04 bits per heavy atom. The summed E-state index contributed by atoms with van der Waals surface area (Å²) >= 11 is 0. The summed E-state index contributed by atoms with van der Waals surface area (Å²) in [5.41, 5.74) is 0.712. The number of amides is 2. The molecule has 0 bridgehead atoms. The van der Waals surface area contributed by atoms with E-state index < -0.39 is 29.3 Å². The summed E-state index contributed by atoms with van der Waals surface area (Å²) in [5, 5.41) is 15.2. The van der Waals surface area contributed by atoms with Gasteiger partial charge in [0.15, 0.2) is 0 Å². The van der Waals surface area contributed by atoms with Gasteiger partial charge in [-0.25, -0.2) is 13.6 Å². The molecular formula is C19H20F2N2O2. The summed E-state index contributed by atoms with van der Waals surface area (Å²) < 4.78 is 27.2. The lowest BCUT2D eigenvalue weighted by atomic mass is 9.96. The van der Waals surface area contributed by atoms with Crippen LogP contribution in [0.25, 0.3) is 0 Å². The fourth-order valence-electron chi connectivity index (χ4n) is 2.94. The third-order valence-electron chi connectivity index (χ3n) is 4.62. The molecule has 1 atom stereocenters. The van der Waals surface area contributed by atoms with Gasteiger partial charge in [-0.2, -0.15) is 0 Å². The van der Waals surface area contributed by atoms with Gasteiger partial charge in [0, 0.05) is 18.5 Å². The van der Waals surface area contributed by atoms with Crippen LogP contribution in [0.1, 0.15) is 30.1 Å². The van der Waals surface area contributed by atoms with Gasteiger partial charge in [0.05, 0.1) is 5.56 Å². The van der Waals surface area contributed by atoms with Crippen molar-refractivity contribution in [3.05, 3.63) is 71.3 Å². The Labute approximate surface area is 144 Å². The first-order valence-electron chi connectivity index (χ1n) is 8.21. The summed E-state index contributed by atoms with van der Waals surface area (Å²) in [6.07, 6.45) is 0.553. The number of halogens is 2. The van der Waals surface area contributed by atoms with Crippen molar-refractivity contribution in [3.63, 3.8) is 0 Å². The molecule has 0 heterocycles. The van der Waals surface area contributed by atoms with E-state index in [1.807, 2.05) is 30.3 Å². The molecule has 0 radical (unpaired) electrons. The van der Waals surface area contributed by atoms with Crippen LogP contribution in [0.4, 0.5) is 13.6 Å². The molecule has 3 rings (SSSR count). The SMILES string of the molecule is O=C(NCC(O)c1c(F)cccc1F)NCC1(c2ccccc2)CC1. The Hall–Kier alpha value is -2.47. The predicted molar refractivity (Wildman–Crippen MR) is 90.1 cm³/mol. The maximum atomic E-state index is 13.6. The Kier molecular flexibility index (Phi) is 4.99. The minimum Gasteiger partial charge on any atom is -0.386 e. The minimum absolute atomic E-state index is 0.0329. The molecule has 2 aromatic carbocycles. The van der Waals surface area contributed by atoms with Crippen LogP contribution in [-0.2, 0) is 5.41 Å². The first-order valence-corrected chi connectivity index (χ1v) is 8.21. The van der Waals surface area contributed by atoms with Crippen molar-refractivity contribution in [2.75, 3.05) is 13.1 Å². The maximum Gasteiger partial charge on any atom is 0.314 e. The van der Waals surface area contributed by atoms with Gasteiger partial charge in [0.25, 0.3) is 0 Å². The molecule has 1 aliphatic carbocycles. The molecule has 1 fully saturated rings. The summed E-state index contributed by atoms with van der Waals surface area (Å²) in [4.78, 5) is 11.9. The zero-order valence-electron chi connectivity index (χ0n) is 13.6. The smallest absolute Gasteiger partial charge is 0.314 e.